The van der Waals surface area contributed by atoms with Gasteiger partial charge in [-0.2, -0.15) is 0 Å². The number of hydrogen-bond acceptors (Lipinski definition) is 6. The molecule has 31 heavy (non-hydrogen) atoms. The topological polar surface area (TPSA) is 89.5 Å². The standard InChI is InChI=1S/C21H36N4O5S/c1-5-24-19-18(23(15-22-19)16-28-13-14-31(2,3)4)20(26)25(21(24)27)10-8-12-30-17-9-6-7-11-29-17/h15,17H,5-14,16H2,1-4H3. The molecule has 0 radical (unpaired) electrons. The Hall–Kier alpha value is -1.62. The van der Waals surface area contributed by atoms with Crippen molar-refractivity contribution < 1.29 is 14.2 Å². The van der Waals surface area contributed by atoms with E-state index in [1.165, 1.54) is 9.13 Å². The smallest absolute Gasteiger partial charge is 0.332 e. The number of hydrogen-bond donors (Lipinski definition) is 0. The van der Waals surface area contributed by atoms with E-state index >= 15 is 0 Å². The summed E-state index contributed by atoms with van der Waals surface area (Å²) in [5.74, 6) is 0.994. The van der Waals surface area contributed by atoms with E-state index in [-0.39, 0.29) is 24.3 Å². The maximum absolute atomic E-state index is 13.2. The molecule has 0 N–H and O–H groups in total. The third-order valence-electron chi connectivity index (χ3n) is 5.34. The van der Waals surface area contributed by atoms with Gasteiger partial charge in [0.15, 0.2) is 17.5 Å². The minimum atomic E-state index is -0.642. The summed E-state index contributed by atoms with van der Waals surface area (Å²) in [7, 11) is -0.642. The lowest BCUT2D eigenvalue weighted by molar-refractivity contribution is -0.163. The summed E-state index contributed by atoms with van der Waals surface area (Å²) in [4.78, 5) is 30.4. The molecule has 0 amide bonds. The lowest BCUT2D eigenvalue weighted by Gasteiger charge is -2.24. The van der Waals surface area contributed by atoms with Crippen LogP contribution in [0.1, 0.15) is 32.6 Å². The van der Waals surface area contributed by atoms with Crippen LogP contribution in [0.2, 0.25) is 0 Å². The zero-order valence-corrected chi connectivity index (χ0v) is 20.0. The Morgan fingerprint density at radius 3 is 2.68 bits per heavy atom. The zero-order valence-electron chi connectivity index (χ0n) is 19.2. The second-order valence-electron chi connectivity index (χ2n) is 8.72. The van der Waals surface area contributed by atoms with Gasteiger partial charge in [-0.1, -0.05) is 0 Å². The van der Waals surface area contributed by atoms with Crippen molar-refractivity contribution in [2.45, 2.75) is 58.7 Å². The molecule has 2 aromatic rings. The highest BCUT2D eigenvalue weighted by atomic mass is 32.3. The molecule has 3 heterocycles. The van der Waals surface area contributed by atoms with Gasteiger partial charge in [-0.3, -0.25) is 13.9 Å². The van der Waals surface area contributed by atoms with Crippen LogP contribution >= 0.6 is 10.0 Å². The van der Waals surface area contributed by atoms with Gasteiger partial charge in [-0.05, 0) is 51.4 Å². The molecule has 1 saturated heterocycles. The van der Waals surface area contributed by atoms with Crippen molar-refractivity contribution in [3.63, 3.8) is 0 Å². The first-order valence-corrected chi connectivity index (χ1v) is 14.0. The predicted molar refractivity (Wildman–Crippen MR) is 124 cm³/mol. The number of aromatic nitrogens is 4. The molecule has 0 saturated carbocycles. The van der Waals surface area contributed by atoms with Crippen molar-refractivity contribution in [2.75, 3.05) is 44.3 Å². The summed E-state index contributed by atoms with van der Waals surface area (Å²) in [6, 6.07) is 0. The van der Waals surface area contributed by atoms with E-state index in [4.69, 9.17) is 14.2 Å². The summed E-state index contributed by atoms with van der Waals surface area (Å²) in [6.45, 7) is 4.64. The van der Waals surface area contributed by atoms with E-state index in [9.17, 15) is 9.59 Å². The highest BCUT2D eigenvalue weighted by molar-refractivity contribution is 8.32. The second-order valence-corrected chi connectivity index (χ2v) is 13.3. The summed E-state index contributed by atoms with van der Waals surface area (Å²) in [6.07, 6.45) is 11.8. The highest BCUT2D eigenvalue weighted by Crippen LogP contribution is 2.33. The van der Waals surface area contributed by atoms with Gasteiger partial charge in [-0.15, -0.1) is 0 Å². The molecule has 2 aromatic heterocycles. The van der Waals surface area contributed by atoms with Crippen LogP contribution in [-0.2, 0) is 34.0 Å². The normalized spacial score (nSPS) is 18.0. The largest absolute Gasteiger partial charge is 0.360 e. The molecule has 1 aliphatic heterocycles. The fourth-order valence-electron chi connectivity index (χ4n) is 3.57. The molecule has 3 rings (SSSR count). The third kappa shape index (κ3) is 6.21. The predicted octanol–water partition coefficient (Wildman–Crippen LogP) is 1.98. The summed E-state index contributed by atoms with van der Waals surface area (Å²) in [5, 5.41) is 0. The van der Waals surface area contributed by atoms with Crippen molar-refractivity contribution in [1.82, 2.24) is 18.7 Å². The molecule has 0 aromatic carbocycles. The van der Waals surface area contributed by atoms with Crippen LogP contribution in [0.3, 0.4) is 0 Å². The minimum absolute atomic E-state index is 0.172. The molecule has 9 nitrogen and oxygen atoms in total. The first kappa shape index (κ1) is 24.0. The van der Waals surface area contributed by atoms with Gasteiger partial charge in [-0.25, -0.2) is 19.8 Å². The summed E-state index contributed by atoms with van der Waals surface area (Å²) < 4.78 is 21.6. The molecule has 1 atom stereocenters. The fourth-order valence-corrected chi connectivity index (χ4v) is 4.19. The van der Waals surface area contributed by atoms with Crippen LogP contribution in [-0.4, -0.2) is 69.3 Å². The number of ether oxygens (including phenoxy) is 3. The second kappa shape index (κ2) is 10.8. The van der Waals surface area contributed by atoms with Gasteiger partial charge in [0.05, 0.1) is 19.5 Å². The van der Waals surface area contributed by atoms with Crippen LogP contribution in [0.4, 0.5) is 0 Å². The van der Waals surface area contributed by atoms with Crippen molar-refractivity contribution >= 4 is 21.2 Å². The minimum Gasteiger partial charge on any atom is -0.360 e. The van der Waals surface area contributed by atoms with E-state index < -0.39 is 10.0 Å². The van der Waals surface area contributed by atoms with Crippen molar-refractivity contribution in [3.05, 3.63) is 27.2 Å². The maximum atomic E-state index is 13.2. The average molecular weight is 457 g/mol. The molecule has 1 unspecified atom stereocenters. The highest BCUT2D eigenvalue weighted by Gasteiger charge is 2.18. The van der Waals surface area contributed by atoms with E-state index in [1.54, 1.807) is 10.9 Å². The van der Waals surface area contributed by atoms with Gasteiger partial charge >= 0.3 is 5.69 Å². The Labute approximate surface area is 184 Å². The molecular formula is C21H36N4O5S. The lowest BCUT2D eigenvalue weighted by Crippen LogP contribution is -2.40. The molecule has 0 bridgehead atoms. The lowest BCUT2D eigenvalue weighted by atomic mass is 10.2. The SMILES string of the molecule is CCn1c(=O)n(CCCOC2CCCCO2)c(=O)c2c1ncn2COCCS(C)(C)C. The Kier molecular flexibility index (Phi) is 8.37. The Morgan fingerprint density at radius 2 is 2.00 bits per heavy atom. The van der Waals surface area contributed by atoms with Gasteiger partial charge in [0.25, 0.3) is 5.56 Å². The maximum Gasteiger partial charge on any atom is 0.332 e. The van der Waals surface area contributed by atoms with E-state index in [2.05, 4.69) is 23.8 Å². The van der Waals surface area contributed by atoms with E-state index in [0.717, 1.165) is 31.6 Å². The van der Waals surface area contributed by atoms with Crippen LogP contribution in [0, 0.1) is 0 Å². The van der Waals surface area contributed by atoms with Gasteiger partial charge in [0, 0.05) is 25.4 Å². The van der Waals surface area contributed by atoms with Crippen LogP contribution in [0.5, 0.6) is 0 Å². The van der Waals surface area contributed by atoms with Crippen molar-refractivity contribution in [1.29, 1.82) is 0 Å². The number of imidazole rings is 1. The van der Waals surface area contributed by atoms with Crippen LogP contribution < -0.4 is 11.2 Å². The van der Waals surface area contributed by atoms with Gasteiger partial charge in [0.1, 0.15) is 6.73 Å². The molecule has 1 fully saturated rings. The van der Waals surface area contributed by atoms with Crippen LogP contribution in [0.15, 0.2) is 15.9 Å². The fraction of sp³-hybridized carbons (Fsp3) is 0.762. The van der Waals surface area contributed by atoms with Crippen LogP contribution in [0.25, 0.3) is 11.2 Å². The number of rotatable bonds is 11. The Balaban J connectivity index is 1.72. The Morgan fingerprint density at radius 1 is 1.19 bits per heavy atom. The summed E-state index contributed by atoms with van der Waals surface area (Å²) >= 11 is 0. The quantitative estimate of drug-likeness (QED) is 0.481. The van der Waals surface area contributed by atoms with Gasteiger partial charge < -0.3 is 18.8 Å². The number of fused-ring (bicyclic) bond motifs is 1. The van der Waals surface area contributed by atoms with E-state index in [0.29, 0.717) is 43.9 Å². The molecule has 0 spiro atoms. The first-order chi connectivity index (χ1) is 14.8. The summed E-state index contributed by atoms with van der Waals surface area (Å²) in [5.41, 5.74) is 0.143. The molecular weight excluding hydrogens is 420 g/mol. The average Bonchev–Trinajstić information content (AvgIpc) is 3.15. The van der Waals surface area contributed by atoms with Gasteiger partial charge in [0.2, 0.25) is 0 Å². The molecule has 10 heteroatoms. The molecule has 176 valence electrons. The van der Waals surface area contributed by atoms with E-state index in [1.807, 2.05) is 6.92 Å². The number of nitrogens with zero attached hydrogens (tertiary/aromatic N) is 4. The zero-order chi connectivity index (χ0) is 22.4. The molecule has 1 aliphatic rings. The monoisotopic (exact) mass is 456 g/mol. The first-order valence-electron chi connectivity index (χ1n) is 11.0. The number of aryl methyl sites for hydroxylation is 1. The van der Waals surface area contributed by atoms with Crippen molar-refractivity contribution in [2.24, 2.45) is 0 Å². The van der Waals surface area contributed by atoms with Crippen molar-refractivity contribution in [3.8, 4) is 0 Å². The molecule has 0 aliphatic carbocycles. The third-order valence-corrected chi connectivity index (χ3v) is 6.73. The Bertz CT molecular complexity index is 969.